The van der Waals surface area contributed by atoms with Gasteiger partial charge in [0, 0.05) is 11.3 Å². The van der Waals surface area contributed by atoms with Crippen LogP contribution in [0.4, 0.5) is 5.69 Å². The van der Waals surface area contributed by atoms with E-state index in [0.717, 1.165) is 10.9 Å². The molecule has 3 rings (SSSR count). The Morgan fingerprint density at radius 3 is 2.85 bits per heavy atom. The Hall–Kier alpha value is -2.37. The van der Waals surface area contributed by atoms with E-state index >= 15 is 0 Å². The molecular weight excluding hydrogens is 258 g/mol. The van der Waals surface area contributed by atoms with E-state index < -0.39 is 11.9 Å². The first-order chi connectivity index (χ1) is 9.65. The van der Waals surface area contributed by atoms with Crippen molar-refractivity contribution in [2.75, 3.05) is 5.32 Å². The van der Waals surface area contributed by atoms with E-state index in [-0.39, 0.29) is 11.8 Å². The van der Waals surface area contributed by atoms with Gasteiger partial charge in [0.2, 0.25) is 5.91 Å². The molecule has 1 aromatic heterocycles. The van der Waals surface area contributed by atoms with Gasteiger partial charge in [0.15, 0.2) is 0 Å². The molecule has 0 radical (unpaired) electrons. The van der Waals surface area contributed by atoms with Crippen LogP contribution in [-0.2, 0) is 9.59 Å². The lowest BCUT2D eigenvalue weighted by Gasteiger charge is -2.11. The van der Waals surface area contributed by atoms with Gasteiger partial charge in [-0.05, 0) is 31.4 Å². The smallest absolute Gasteiger partial charge is 0.306 e. The lowest BCUT2D eigenvalue weighted by molar-refractivity contribution is -0.141. The second-order valence-electron chi connectivity index (χ2n) is 5.17. The summed E-state index contributed by atoms with van der Waals surface area (Å²) in [6, 6.07) is 5.54. The molecule has 3 N–H and O–H groups in total. The van der Waals surface area contributed by atoms with E-state index in [4.69, 9.17) is 5.11 Å². The van der Waals surface area contributed by atoms with Gasteiger partial charge in [-0.3, -0.25) is 14.7 Å². The average molecular weight is 273 g/mol. The number of aromatic nitrogens is 2. The van der Waals surface area contributed by atoms with Crippen molar-refractivity contribution < 1.29 is 14.7 Å². The minimum Gasteiger partial charge on any atom is -0.481 e. The third-order valence-electron chi connectivity index (χ3n) is 3.90. The van der Waals surface area contributed by atoms with Crippen molar-refractivity contribution in [3.05, 3.63) is 24.4 Å². The molecule has 1 fully saturated rings. The lowest BCUT2D eigenvalue weighted by atomic mass is 10.0. The van der Waals surface area contributed by atoms with Crippen LogP contribution in [0.1, 0.15) is 19.3 Å². The summed E-state index contributed by atoms with van der Waals surface area (Å²) in [6.07, 6.45) is 3.29. The third kappa shape index (κ3) is 2.24. The number of hydrogen-bond acceptors (Lipinski definition) is 3. The first kappa shape index (κ1) is 12.7. The Morgan fingerprint density at radius 2 is 2.10 bits per heavy atom. The van der Waals surface area contributed by atoms with Crippen molar-refractivity contribution in [1.82, 2.24) is 10.2 Å². The Bertz CT molecular complexity index is 664. The monoisotopic (exact) mass is 273 g/mol. The minimum atomic E-state index is -0.808. The number of aromatic amines is 1. The molecule has 2 aromatic rings. The van der Waals surface area contributed by atoms with Crippen molar-refractivity contribution in [2.24, 2.45) is 11.8 Å². The molecule has 20 heavy (non-hydrogen) atoms. The Labute approximate surface area is 115 Å². The van der Waals surface area contributed by atoms with Crippen LogP contribution in [0, 0.1) is 11.8 Å². The summed E-state index contributed by atoms with van der Waals surface area (Å²) in [6.45, 7) is 0. The Kier molecular flexibility index (Phi) is 3.14. The molecule has 2 atom stereocenters. The van der Waals surface area contributed by atoms with Crippen LogP contribution in [0.25, 0.3) is 10.9 Å². The van der Waals surface area contributed by atoms with E-state index in [9.17, 15) is 9.59 Å². The summed E-state index contributed by atoms with van der Waals surface area (Å²) in [4.78, 5) is 23.1. The van der Waals surface area contributed by atoms with Gasteiger partial charge in [0.1, 0.15) is 0 Å². The fourth-order valence-corrected chi connectivity index (χ4v) is 2.76. The number of nitrogens with zero attached hydrogens (tertiary/aromatic N) is 1. The maximum absolute atomic E-state index is 12.2. The fourth-order valence-electron chi connectivity index (χ4n) is 2.76. The van der Waals surface area contributed by atoms with Gasteiger partial charge >= 0.3 is 5.97 Å². The van der Waals surface area contributed by atoms with Crippen LogP contribution in [0.2, 0.25) is 0 Å². The highest BCUT2D eigenvalue weighted by Crippen LogP contribution is 2.32. The summed E-state index contributed by atoms with van der Waals surface area (Å²) < 4.78 is 0. The number of aliphatic carboxylic acids is 1. The zero-order valence-electron chi connectivity index (χ0n) is 10.8. The van der Waals surface area contributed by atoms with Gasteiger partial charge in [-0.1, -0.05) is 6.07 Å². The summed E-state index contributed by atoms with van der Waals surface area (Å²) in [5.41, 5.74) is 1.57. The average Bonchev–Trinajstić information content (AvgIpc) is 3.08. The molecule has 0 saturated heterocycles. The standard InChI is InChI=1S/C14H15N3O3/c18-13(8-4-5-9(6-8)14(19)20)16-11-2-1-3-12-10(11)7-15-17-12/h1-3,7-9H,4-6H2,(H,15,17)(H,16,18)(H,19,20). The van der Waals surface area contributed by atoms with Crippen molar-refractivity contribution in [3.63, 3.8) is 0 Å². The molecule has 1 heterocycles. The molecule has 1 aliphatic rings. The summed E-state index contributed by atoms with van der Waals surface area (Å²) >= 11 is 0. The molecule has 0 bridgehead atoms. The van der Waals surface area contributed by atoms with Gasteiger partial charge in [0.25, 0.3) is 0 Å². The predicted molar refractivity (Wildman–Crippen MR) is 73.2 cm³/mol. The molecule has 1 aromatic carbocycles. The lowest BCUT2D eigenvalue weighted by Crippen LogP contribution is -2.21. The zero-order chi connectivity index (χ0) is 14.1. The van der Waals surface area contributed by atoms with Crippen molar-refractivity contribution >= 4 is 28.5 Å². The Balaban J connectivity index is 1.73. The number of carboxylic acids is 1. The van der Waals surface area contributed by atoms with E-state index in [1.165, 1.54) is 0 Å². The number of carbonyl (C=O) groups is 2. The molecule has 0 spiro atoms. The van der Waals surface area contributed by atoms with Crippen LogP contribution in [-0.4, -0.2) is 27.2 Å². The predicted octanol–water partition coefficient (Wildman–Crippen LogP) is 2.00. The van der Waals surface area contributed by atoms with Gasteiger partial charge in [0.05, 0.1) is 23.3 Å². The normalized spacial score (nSPS) is 22.0. The van der Waals surface area contributed by atoms with E-state index in [1.54, 1.807) is 6.20 Å². The number of fused-ring (bicyclic) bond motifs is 1. The molecule has 6 nitrogen and oxygen atoms in total. The fraction of sp³-hybridized carbons (Fsp3) is 0.357. The van der Waals surface area contributed by atoms with Crippen molar-refractivity contribution in [3.8, 4) is 0 Å². The van der Waals surface area contributed by atoms with Crippen LogP contribution in [0.15, 0.2) is 24.4 Å². The summed E-state index contributed by atoms with van der Waals surface area (Å²) in [7, 11) is 0. The maximum Gasteiger partial charge on any atom is 0.306 e. The molecule has 1 saturated carbocycles. The number of nitrogens with one attached hydrogen (secondary N) is 2. The number of amides is 1. The van der Waals surface area contributed by atoms with E-state index in [1.807, 2.05) is 18.2 Å². The largest absolute Gasteiger partial charge is 0.481 e. The highest BCUT2D eigenvalue weighted by atomic mass is 16.4. The molecule has 6 heteroatoms. The van der Waals surface area contributed by atoms with Crippen LogP contribution < -0.4 is 5.32 Å². The molecule has 2 unspecified atom stereocenters. The number of anilines is 1. The summed E-state index contributed by atoms with van der Waals surface area (Å²) in [5.74, 6) is -1.53. The van der Waals surface area contributed by atoms with E-state index in [0.29, 0.717) is 24.9 Å². The highest BCUT2D eigenvalue weighted by molar-refractivity contribution is 6.01. The summed E-state index contributed by atoms with van der Waals surface area (Å²) in [5, 5.41) is 19.5. The van der Waals surface area contributed by atoms with Crippen LogP contribution >= 0.6 is 0 Å². The number of benzene rings is 1. The number of rotatable bonds is 3. The third-order valence-corrected chi connectivity index (χ3v) is 3.90. The van der Waals surface area contributed by atoms with Crippen molar-refractivity contribution in [2.45, 2.75) is 19.3 Å². The van der Waals surface area contributed by atoms with Gasteiger partial charge in [-0.25, -0.2) is 0 Å². The van der Waals surface area contributed by atoms with Crippen LogP contribution in [0.5, 0.6) is 0 Å². The first-order valence-electron chi connectivity index (χ1n) is 6.61. The SMILES string of the molecule is O=C(O)C1CCC(C(=O)Nc2cccc3[nH]ncc23)C1. The number of H-pyrrole nitrogens is 1. The van der Waals surface area contributed by atoms with Gasteiger partial charge in [-0.15, -0.1) is 0 Å². The highest BCUT2D eigenvalue weighted by Gasteiger charge is 2.33. The maximum atomic E-state index is 12.2. The number of hydrogen-bond donors (Lipinski definition) is 3. The number of carboxylic acid groups (broad SMARTS) is 1. The Morgan fingerprint density at radius 1 is 1.30 bits per heavy atom. The molecule has 104 valence electrons. The minimum absolute atomic E-state index is 0.109. The molecule has 0 aliphatic heterocycles. The number of carbonyl (C=O) groups excluding carboxylic acids is 1. The topological polar surface area (TPSA) is 95.1 Å². The van der Waals surface area contributed by atoms with Gasteiger partial charge in [-0.2, -0.15) is 5.10 Å². The van der Waals surface area contributed by atoms with Crippen molar-refractivity contribution in [1.29, 1.82) is 0 Å². The van der Waals surface area contributed by atoms with Crippen LogP contribution in [0.3, 0.4) is 0 Å². The molecule has 1 amide bonds. The molecular formula is C14H15N3O3. The van der Waals surface area contributed by atoms with Gasteiger partial charge < -0.3 is 10.4 Å². The second-order valence-corrected chi connectivity index (χ2v) is 5.17. The first-order valence-corrected chi connectivity index (χ1v) is 6.61. The zero-order valence-corrected chi connectivity index (χ0v) is 10.8. The second kappa shape index (κ2) is 4.96. The quantitative estimate of drug-likeness (QED) is 0.797. The van der Waals surface area contributed by atoms with E-state index in [2.05, 4.69) is 15.5 Å². The molecule has 1 aliphatic carbocycles.